The molecule has 4 rings (SSSR count). The Morgan fingerprint density at radius 2 is 2.25 bits per heavy atom. The number of allylic oxidation sites excluding steroid dienone is 1. The van der Waals surface area contributed by atoms with Gasteiger partial charge in [0.1, 0.15) is 10.8 Å². The minimum absolute atomic E-state index is 0.145. The van der Waals surface area contributed by atoms with Crippen LogP contribution in [0.25, 0.3) is 20.8 Å². The number of anilines is 1. The highest BCUT2D eigenvalue weighted by molar-refractivity contribution is 7.22. The van der Waals surface area contributed by atoms with Crippen LogP contribution in [0.3, 0.4) is 0 Å². The van der Waals surface area contributed by atoms with Gasteiger partial charge in [-0.25, -0.2) is 9.97 Å². The number of nitriles is 1. The van der Waals surface area contributed by atoms with Crippen LogP contribution in [0.4, 0.5) is 5.82 Å². The van der Waals surface area contributed by atoms with Crippen LogP contribution in [-0.2, 0) is 0 Å². The van der Waals surface area contributed by atoms with E-state index >= 15 is 0 Å². The molecule has 140 valence electrons. The van der Waals surface area contributed by atoms with E-state index in [2.05, 4.69) is 31.7 Å². The van der Waals surface area contributed by atoms with Crippen molar-refractivity contribution in [2.24, 2.45) is 4.99 Å². The average molecular weight is 411 g/mol. The Morgan fingerprint density at radius 1 is 1.39 bits per heavy atom. The molecule has 9 heteroatoms. The first-order valence-electron chi connectivity index (χ1n) is 8.39. The molecule has 1 unspecified atom stereocenters. The van der Waals surface area contributed by atoms with Crippen LogP contribution in [0.1, 0.15) is 12.5 Å². The molecule has 1 aromatic carbocycles. The molecule has 0 bridgehead atoms. The van der Waals surface area contributed by atoms with Gasteiger partial charge in [-0.15, -0.1) is 11.3 Å². The molecule has 0 saturated heterocycles. The smallest absolute Gasteiger partial charge is 0.151 e. The molecule has 0 saturated carbocycles. The van der Waals surface area contributed by atoms with E-state index in [1.54, 1.807) is 43.6 Å². The van der Waals surface area contributed by atoms with Gasteiger partial charge in [0.2, 0.25) is 0 Å². The predicted octanol–water partition coefficient (Wildman–Crippen LogP) is 3.52. The number of hydrogen-bond acceptors (Lipinski definition) is 8. The Bertz CT molecular complexity index is 1160. The van der Waals surface area contributed by atoms with Crippen LogP contribution in [-0.4, -0.2) is 33.6 Å². The van der Waals surface area contributed by atoms with Crippen LogP contribution in [0.5, 0.6) is 0 Å². The molecule has 0 aliphatic carbocycles. The number of hydrogen-bond donors (Lipinski definition) is 3. The first kappa shape index (κ1) is 18.4. The van der Waals surface area contributed by atoms with Crippen molar-refractivity contribution in [3.05, 3.63) is 52.9 Å². The van der Waals surface area contributed by atoms with Crippen LogP contribution in [0.2, 0.25) is 5.02 Å². The number of aliphatic hydroxyl groups excluding tert-OH is 1. The number of pyridine rings is 1. The standard InChI is InChI=1S/C19H15ClN6OS/c1-19(10-27)23-8-6-14(26-19)25-17-16-13(5-7-22-17)24-18(28-16)15-11(9-21)3-2-4-12(15)20/h2-8,26-27H,10H2,1H3,(H,22,25). The molecule has 1 atom stereocenters. The van der Waals surface area contributed by atoms with E-state index in [0.717, 1.165) is 10.2 Å². The lowest BCUT2D eigenvalue weighted by atomic mass is 10.1. The topological polar surface area (TPSA) is 106 Å². The Kier molecular flexibility index (Phi) is 4.73. The molecule has 2 aromatic heterocycles. The molecule has 3 heterocycles. The molecule has 0 fully saturated rings. The summed E-state index contributed by atoms with van der Waals surface area (Å²) in [5, 5.41) is 26.4. The van der Waals surface area contributed by atoms with Crippen molar-refractivity contribution in [3.8, 4) is 16.6 Å². The maximum atomic E-state index is 9.52. The van der Waals surface area contributed by atoms with Crippen LogP contribution in [0, 0.1) is 11.3 Å². The van der Waals surface area contributed by atoms with E-state index in [0.29, 0.717) is 32.8 Å². The number of aliphatic imine (C=N–C) groups is 1. The fourth-order valence-corrected chi connectivity index (χ4v) is 4.21. The van der Waals surface area contributed by atoms with Crippen LogP contribution in [0.15, 0.2) is 47.4 Å². The monoisotopic (exact) mass is 410 g/mol. The van der Waals surface area contributed by atoms with Crippen molar-refractivity contribution < 1.29 is 5.11 Å². The Hall–Kier alpha value is -2.99. The summed E-state index contributed by atoms with van der Waals surface area (Å²) in [4.78, 5) is 13.3. The highest BCUT2D eigenvalue weighted by Gasteiger charge is 2.25. The Morgan fingerprint density at radius 3 is 3.04 bits per heavy atom. The third kappa shape index (κ3) is 3.31. The lowest BCUT2D eigenvalue weighted by molar-refractivity contribution is 0.191. The Labute approximate surface area is 170 Å². The fourth-order valence-electron chi connectivity index (χ4n) is 2.81. The summed E-state index contributed by atoms with van der Waals surface area (Å²) >= 11 is 7.75. The van der Waals surface area contributed by atoms with Crippen molar-refractivity contribution in [2.45, 2.75) is 12.6 Å². The number of aromatic nitrogens is 2. The summed E-state index contributed by atoms with van der Waals surface area (Å²) in [6.07, 6.45) is 5.06. The largest absolute Gasteiger partial charge is 0.392 e. The minimum atomic E-state index is -0.789. The van der Waals surface area contributed by atoms with Crippen LogP contribution >= 0.6 is 22.9 Å². The van der Waals surface area contributed by atoms with Crippen molar-refractivity contribution in [1.29, 1.82) is 5.26 Å². The lowest BCUT2D eigenvalue weighted by Crippen LogP contribution is -2.46. The zero-order valence-electron chi connectivity index (χ0n) is 14.8. The van der Waals surface area contributed by atoms with Gasteiger partial charge < -0.3 is 15.7 Å². The highest BCUT2D eigenvalue weighted by Crippen LogP contribution is 2.38. The van der Waals surface area contributed by atoms with Gasteiger partial charge in [0, 0.05) is 18.0 Å². The number of nitrogens with zero attached hydrogens (tertiary/aromatic N) is 4. The second-order valence-electron chi connectivity index (χ2n) is 6.34. The molecular weight excluding hydrogens is 396 g/mol. The zero-order chi connectivity index (χ0) is 19.7. The van der Waals surface area contributed by atoms with Gasteiger partial charge in [-0.2, -0.15) is 5.26 Å². The van der Waals surface area contributed by atoms with Gasteiger partial charge in [-0.3, -0.25) is 4.99 Å². The molecule has 0 amide bonds. The minimum Gasteiger partial charge on any atom is -0.392 e. The van der Waals surface area contributed by atoms with E-state index < -0.39 is 5.66 Å². The zero-order valence-corrected chi connectivity index (χ0v) is 16.3. The van der Waals surface area contributed by atoms with Gasteiger partial charge in [0.15, 0.2) is 11.5 Å². The molecular formula is C19H15ClN6OS. The number of thiazole rings is 1. The highest BCUT2D eigenvalue weighted by atomic mass is 35.5. The summed E-state index contributed by atoms with van der Waals surface area (Å²) < 4.78 is 0.831. The normalized spacial score (nSPS) is 18.4. The molecule has 1 aliphatic heterocycles. The third-order valence-electron chi connectivity index (χ3n) is 4.22. The van der Waals surface area contributed by atoms with Crippen LogP contribution < -0.4 is 10.6 Å². The molecule has 3 N–H and O–H groups in total. The molecule has 0 spiro atoms. The van der Waals surface area contributed by atoms with E-state index in [4.69, 9.17) is 11.6 Å². The maximum Gasteiger partial charge on any atom is 0.151 e. The first-order valence-corrected chi connectivity index (χ1v) is 9.58. The summed E-state index contributed by atoms with van der Waals surface area (Å²) in [6.45, 7) is 1.64. The van der Waals surface area contributed by atoms with Gasteiger partial charge in [-0.1, -0.05) is 17.7 Å². The third-order valence-corrected chi connectivity index (χ3v) is 5.63. The lowest BCUT2D eigenvalue weighted by Gasteiger charge is -2.29. The quantitative estimate of drug-likeness (QED) is 0.607. The van der Waals surface area contributed by atoms with Gasteiger partial charge in [0.05, 0.1) is 33.5 Å². The summed E-state index contributed by atoms with van der Waals surface area (Å²) in [5.74, 6) is 1.28. The second-order valence-corrected chi connectivity index (χ2v) is 7.75. The number of fused-ring (bicyclic) bond motifs is 1. The molecule has 3 aromatic rings. The van der Waals surface area contributed by atoms with E-state index in [9.17, 15) is 10.4 Å². The van der Waals surface area contributed by atoms with E-state index in [-0.39, 0.29) is 6.61 Å². The summed E-state index contributed by atoms with van der Waals surface area (Å²) in [5.41, 5.74) is 1.05. The van der Waals surface area contributed by atoms with Crippen molar-refractivity contribution in [1.82, 2.24) is 15.3 Å². The van der Waals surface area contributed by atoms with Crippen molar-refractivity contribution >= 4 is 45.2 Å². The average Bonchev–Trinajstić information content (AvgIpc) is 3.12. The molecule has 7 nitrogen and oxygen atoms in total. The number of nitrogens with one attached hydrogen (secondary N) is 2. The maximum absolute atomic E-state index is 9.52. The van der Waals surface area contributed by atoms with Crippen molar-refractivity contribution in [2.75, 3.05) is 11.9 Å². The molecule has 1 aliphatic rings. The SMILES string of the molecule is CC1(CO)N=CC=C(Nc2nccc3nc(-c4c(Cl)cccc4C#N)sc23)N1. The van der Waals surface area contributed by atoms with Gasteiger partial charge >= 0.3 is 0 Å². The number of benzene rings is 1. The van der Waals surface area contributed by atoms with Gasteiger partial charge in [0.25, 0.3) is 0 Å². The summed E-state index contributed by atoms with van der Waals surface area (Å²) in [7, 11) is 0. The first-order chi connectivity index (χ1) is 13.5. The molecule has 0 radical (unpaired) electrons. The van der Waals surface area contributed by atoms with Crippen molar-refractivity contribution in [3.63, 3.8) is 0 Å². The second kappa shape index (κ2) is 7.20. The number of aliphatic hydroxyl groups is 1. The number of halogens is 1. The Balaban J connectivity index is 1.75. The fraction of sp³-hybridized carbons (Fsp3) is 0.158. The summed E-state index contributed by atoms with van der Waals surface area (Å²) in [6, 6.07) is 9.18. The number of rotatable bonds is 4. The predicted molar refractivity (Wildman–Crippen MR) is 111 cm³/mol. The molecule has 28 heavy (non-hydrogen) atoms. The van der Waals surface area contributed by atoms with E-state index in [1.807, 2.05) is 6.07 Å². The van der Waals surface area contributed by atoms with Gasteiger partial charge in [-0.05, 0) is 31.2 Å². The van der Waals surface area contributed by atoms with E-state index in [1.165, 1.54) is 11.3 Å².